The van der Waals surface area contributed by atoms with Crippen LogP contribution in [0.1, 0.15) is 38.3 Å². The third-order valence-corrected chi connectivity index (χ3v) is 4.12. The number of ether oxygens (including phenoxy) is 1. The average molecular weight is 303 g/mol. The van der Waals surface area contributed by atoms with Crippen LogP contribution in [0.4, 0.5) is 0 Å². The van der Waals surface area contributed by atoms with E-state index >= 15 is 0 Å². The Morgan fingerprint density at radius 2 is 2.10 bits per heavy atom. The molecule has 4 heteroatoms. The number of nitrogens with zero attached hydrogens (tertiary/aromatic N) is 1. The Bertz CT molecular complexity index is 646. The fraction of sp³-hybridized carbons (Fsp3) is 0.353. The highest BCUT2D eigenvalue weighted by Gasteiger charge is 2.17. The van der Waals surface area contributed by atoms with Crippen molar-refractivity contribution in [2.24, 2.45) is 0 Å². The van der Waals surface area contributed by atoms with Gasteiger partial charge in [-0.05, 0) is 48.5 Å². The zero-order chi connectivity index (χ0) is 15.4. The van der Waals surface area contributed by atoms with Crippen LogP contribution in [0.5, 0.6) is 11.5 Å². The van der Waals surface area contributed by atoms with Crippen LogP contribution < -0.4 is 4.74 Å². The molecule has 0 aliphatic rings. The predicted molar refractivity (Wildman–Crippen MR) is 89.1 cm³/mol. The number of rotatable bonds is 6. The first-order chi connectivity index (χ1) is 10.1. The van der Waals surface area contributed by atoms with Gasteiger partial charge in [-0.15, -0.1) is 0 Å². The van der Waals surface area contributed by atoms with E-state index in [1.165, 1.54) is 11.5 Å². The van der Waals surface area contributed by atoms with Crippen molar-refractivity contribution in [1.82, 2.24) is 4.37 Å². The lowest BCUT2D eigenvalue weighted by Crippen LogP contribution is -1.97. The number of aromatic hydroxyl groups is 1. The van der Waals surface area contributed by atoms with Crippen molar-refractivity contribution in [3.8, 4) is 22.8 Å². The van der Waals surface area contributed by atoms with Gasteiger partial charge in [0.1, 0.15) is 11.5 Å². The molecule has 0 spiro atoms. The molecule has 0 amide bonds. The first-order valence-corrected chi connectivity index (χ1v) is 8.07. The molecule has 2 aromatic rings. The van der Waals surface area contributed by atoms with Crippen molar-refractivity contribution < 1.29 is 9.84 Å². The third-order valence-electron chi connectivity index (χ3n) is 3.49. The molecule has 0 unspecified atom stereocenters. The molecule has 0 saturated heterocycles. The standard InChI is InChI=1S/C17H21NO2S/c1-5-11(4)14-10-21-18-17(14)13-8-12(6-2)16(20-7-3)9-15(13)19/h8-10,19H,4-7H2,1-3H3. The number of hydrogen-bond donors (Lipinski definition) is 1. The molecular weight excluding hydrogens is 282 g/mol. The molecule has 21 heavy (non-hydrogen) atoms. The lowest BCUT2D eigenvalue weighted by Gasteiger charge is -2.13. The zero-order valence-electron chi connectivity index (χ0n) is 12.8. The summed E-state index contributed by atoms with van der Waals surface area (Å²) in [5, 5.41) is 12.3. The van der Waals surface area contributed by atoms with Crippen LogP contribution in [0.25, 0.3) is 16.8 Å². The van der Waals surface area contributed by atoms with Gasteiger partial charge in [-0.25, -0.2) is 0 Å². The van der Waals surface area contributed by atoms with Gasteiger partial charge in [0, 0.05) is 22.6 Å². The zero-order valence-corrected chi connectivity index (χ0v) is 13.6. The second kappa shape index (κ2) is 6.76. The van der Waals surface area contributed by atoms with E-state index in [4.69, 9.17) is 4.74 Å². The predicted octanol–water partition coefficient (Wildman–Crippen LogP) is 4.90. The van der Waals surface area contributed by atoms with Gasteiger partial charge in [0.2, 0.25) is 0 Å². The van der Waals surface area contributed by atoms with Crippen LogP contribution in [0.2, 0.25) is 0 Å². The highest BCUT2D eigenvalue weighted by molar-refractivity contribution is 7.04. The molecule has 112 valence electrons. The normalized spacial score (nSPS) is 10.6. The van der Waals surface area contributed by atoms with Crippen LogP contribution >= 0.6 is 11.5 Å². The summed E-state index contributed by atoms with van der Waals surface area (Å²) in [5.41, 5.74) is 4.68. The second-order valence-corrected chi connectivity index (χ2v) is 5.43. The summed E-state index contributed by atoms with van der Waals surface area (Å²) in [6.07, 6.45) is 1.71. The van der Waals surface area contributed by atoms with Gasteiger partial charge in [0.25, 0.3) is 0 Å². The molecule has 1 aromatic heterocycles. The Morgan fingerprint density at radius 3 is 2.71 bits per heavy atom. The van der Waals surface area contributed by atoms with E-state index in [2.05, 4.69) is 24.8 Å². The molecule has 0 aliphatic carbocycles. The Labute approximate surface area is 130 Å². The van der Waals surface area contributed by atoms with E-state index in [0.29, 0.717) is 6.61 Å². The van der Waals surface area contributed by atoms with Gasteiger partial charge < -0.3 is 9.84 Å². The summed E-state index contributed by atoms with van der Waals surface area (Å²) in [6, 6.07) is 3.66. The van der Waals surface area contributed by atoms with Gasteiger partial charge >= 0.3 is 0 Å². The van der Waals surface area contributed by atoms with E-state index in [-0.39, 0.29) is 5.75 Å². The van der Waals surface area contributed by atoms with Gasteiger partial charge in [-0.2, -0.15) is 4.37 Å². The molecule has 1 N–H and O–H groups in total. The summed E-state index contributed by atoms with van der Waals surface area (Å²) in [4.78, 5) is 0. The number of phenolic OH excluding ortho intramolecular Hbond substituents is 1. The van der Waals surface area contributed by atoms with E-state index in [0.717, 1.165) is 46.5 Å². The maximum absolute atomic E-state index is 10.3. The van der Waals surface area contributed by atoms with Crippen molar-refractivity contribution in [3.63, 3.8) is 0 Å². The number of benzene rings is 1. The molecule has 1 heterocycles. The molecular formula is C17H21NO2S. The van der Waals surface area contributed by atoms with Crippen molar-refractivity contribution in [2.75, 3.05) is 6.61 Å². The third kappa shape index (κ3) is 3.10. The molecule has 1 aromatic carbocycles. The van der Waals surface area contributed by atoms with E-state index in [1.807, 2.05) is 18.4 Å². The fourth-order valence-corrected chi connectivity index (χ4v) is 2.98. The number of aryl methyl sites for hydroxylation is 1. The van der Waals surface area contributed by atoms with Gasteiger partial charge in [-0.3, -0.25) is 0 Å². The molecule has 3 nitrogen and oxygen atoms in total. The van der Waals surface area contributed by atoms with Crippen molar-refractivity contribution in [1.29, 1.82) is 0 Å². The van der Waals surface area contributed by atoms with Crippen LogP contribution in [0.3, 0.4) is 0 Å². The lowest BCUT2D eigenvalue weighted by molar-refractivity contribution is 0.334. The van der Waals surface area contributed by atoms with Crippen LogP contribution in [-0.4, -0.2) is 16.1 Å². The van der Waals surface area contributed by atoms with Crippen LogP contribution in [0, 0.1) is 0 Å². The Hall–Kier alpha value is -1.81. The lowest BCUT2D eigenvalue weighted by atomic mass is 9.98. The number of aromatic nitrogens is 1. The Morgan fingerprint density at radius 1 is 1.33 bits per heavy atom. The molecule has 0 radical (unpaired) electrons. The number of hydrogen-bond acceptors (Lipinski definition) is 4. The molecule has 0 bridgehead atoms. The summed E-state index contributed by atoms with van der Waals surface area (Å²) in [6.45, 7) is 10.7. The summed E-state index contributed by atoms with van der Waals surface area (Å²) in [5.74, 6) is 0.944. The van der Waals surface area contributed by atoms with E-state index in [1.54, 1.807) is 6.07 Å². The summed E-state index contributed by atoms with van der Waals surface area (Å²) < 4.78 is 10.0. The van der Waals surface area contributed by atoms with Crippen molar-refractivity contribution in [2.45, 2.75) is 33.6 Å². The minimum absolute atomic E-state index is 0.201. The first-order valence-electron chi connectivity index (χ1n) is 7.23. The maximum Gasteiger partial charge on any atom is 0.128 e. The molecule has 0 saturated carbocycles. The second-order valence-electron chi connectivity index (χ2n) is 4.80. The largest absolute Gasteiger partial charge is 0.507 e. The Kier molecular flexibility index (Phi) is 5.02. The molecule has 0 atom stereocenters. The van der Waals surface area contributed by atoms with E-state index < -0.39 is 0 Å². The molecule has 0 aliphatic heterocycles. The first kappa shape index (κ1) is 15.6. The smallest absolute Gasteiger partial charge is 0.128 e. The average Bonchev–Trinajstić information content (AvgIpc) is 2.96. The van der Waals surface area contributed by atoms with E-state index in [9.17, 15) is 5.11 Å². The SMILES string of the molecule is C=C(CC)c1csnc1-c1cc(CC)c(OCC)cc1O. The number of phenols is 1. The fourth-order valence-electron chi connectivity index (χ4n) is 2.24. The Balaban J connectivity index is 2.54. The van der Waals surface area contributed by atoms with Gasteiger partial charge in [0.15, 0.2) is 0 Å². The van der Waals surface area contributed by atoms with Crippen molar-refractivity contribution >= 4 is 17.1 Å². The van der Waals surface area contributed by atoms with Gasteiger partial charge in [-0.1, -0.05) is 20.4 Å². The monoisotopic (exact) mass is 303 g/mol. The number of allylic oxidation sites excluding steroid dienone is 1. The topological polar surface area (TPSA) is 42.4 Å². The van der Waals surface area contributed by atoms with Crippen molar-refractivity contribution in [3.05, 3.63) is 35.2 Å². The summed E-state index contributed by atoms with van der Waals surface area (Å²) in [7, 11) is 0. The summed E-state index contributed by atoms with van der Waals surface area (Å²) >= 11 is 1.39. The highest BCUT2D eigenvalue weighted by Crippen LogP contribution is 2.39. The highest BCUT2D eigenvalue weighted by atomic mass is 32.1. The maximum atomic E-state index is 10.3. The van der Waals surface area contributed by atoms with Gasteiger partial charge in [0.05, 0.1) is 12.3 Å². The van der Waals surface area contributed by atoms with Crippen LogP contribution in [-0.2, 0) is 6.42 Å². The minimum Gasteiger partial charge on any atom is -0.507 e. The molecule has 2 rings (SSSR count). The minimum atomic E-state index is 0.201. The molecule has 0 fully saturated rings. The van der Waals surface area contributed by atoms with Crippen LogP contribution in [0.15, 0.2) is 24.1 Å². The quantitative estimate of drug-likeness (QED) is 0.825.